The second-order valence-electron chi connectivity index (χ2n) is 18.1. The van der Waals surface area contributed by atoms with Crippen molar-refractivity contribution < 1.29 is 57.3 Å². The minimum atomic E-state index is -1.46. The minimum absolute atomic E-state index is 0.0754. The maximum absolute atomic E-state index is 14.5. The molecule has 2 aromatic rings. The Balaban J connectivity index is 2.21. The molecule has 0 unspecified atom stereocenters. The molecule has 0 aromatic heterocycles. The van der Waals surface area contributed by atoms with Gasteiger partial charge in [-0.05, 0) is 62.5 Å². The average molecular weight is 921 g/mol. The molecule has 16 heteroatoms. The van der Waals surface area contributed by atoms with Crippen LogP contribution in [0.2, 0.25) is 0 Å². The number of carbonyl (C=O) groups excluding carboxylic acids is 8. The van der Waals surface area contributed by atoms with Crippen molar-refractivity contribution in [1.82, 2.24) is 19.6 Å². The third kappa shape index (κ3) is 15.1. The molecule has 1 heterocycles. The van der Waals surface area contributed by atoms with E-state index < -0.39 is 96.1 Å². The van der Waals surface area contributed by atoms with Crippen LogP contribution >= 0.6 is 0 Å². The highest BCUT2D eigenvalue weighted by molar-refractivity contribution is 5.94. The summed E-state index contributed by atoms with van der Waals surface area (Å²) in [7, 11) is 5.54. The highest BCUT2D eigenvalue weighted by Gasteiger charge is 2.42. The molecule has 1 saturated heterocycles. The number of esters is 4. The van der Waals surface area contributed by atoms with Gasteiger partial charge < -0.3 is 38.5 Å². The Kier molecular flexibility index (Phi) is 21.3. The van der Waals surface area contributed by atoms with Gasteiger partial charge in [-0.25, -0.2) is 19.2 Å². The first kappa shape index (κ1) is 54.5. The predicted octanol–water partition coefficient (Wildman–Crippen LogP) is 5.17. The van der Waals surface area contributed by atoms with Gasteiger partial charge in [-0.2, -0.15) is 0 Å². The molecule has 364 valence electrons. The van der Waals surface area contributed by atoms with Crippen LogP contribution in [0.3, 0.4) is 0 Å². The highest BCUT2D eigenvalue weighted by atomic mass is 16.6. The van der Waals surface area contributed by atoms with E-state index >= 15 is 0 Å². The summed E-state index contributed by atoms with van der Waals surface area (Å²) in [6.45, 7) is 13.7. The Morgan fingerprint density at radius 3 is 1.08 bits per heavy atom. The second-order valence-corrected chi connectivity index (χ2v) is 18.1. The second kappa shape index (κ2) is 25.8. The van der Waals surface area contributed by atoms with Crippen molar-refractivity contribution in [2.24, 2.45) is 11.8 Å². The number of benzene rings is 2. The lowest BCUT2D eigenvalue weighted by atomic mass is 10.0. The molecule has 1 aliphatic rings. The summed E-state index contributed by atoms with van der Waals surface area (Å²) >= 11 is 0. The van der Waals surface area contributed by atoms with E-state index in [2.05, 4.69) is 0 Å². The van der Waals surface area contributed by atoms with E-state index in [0.717, 1.165) is 19.6 Å². The molecule has 0 radical (unpaired) electrons. The fourth-order valence-corrected chi connectivity index (χ4v) is 7.91. The molecular weight excluding hydrogens is 849 g/mol. The van der Waals surface area contributed by atoms with Gasteiger partial charge in [0.2, 0.25) is 0 Å². The van der Waals surface area contributed by atoms with Crippen molar-refractivity contribution in [3.05, 3.63) is 71.8 Å². The number of cyclic esters (lactones) is 4. The van der Waals surface area contributed by atoms with Crippen molar-refractivity contribution >= 4 is 47.5 Å². The summed E-state index contributed by atoms with van der Waals surface area (Å²) in [6.07, 6.45) is -4.60. The number of carbonyl (C=O) groups is 8. The fourth-order valence-electron chi connectivity index (χ4n) is 7.91. The van der Waals surface area contributed by atoms with Crippen molar-refractivity contribution in [3.63, 3.8) is 0 Å². The van der Waals surface area contributed by atoms with E-state index in [1.165, 1.54) is 42.0 Å². The Bertz CT molecular complexity index is 1910. The van der Waals surface area contributed by atoms with Gasteiger partial charge in [-0.15, -0.1) is 0 Å². The van der Waals surface area contributed by atoms with Crippen LogP contribution in [0.5, 0.6) is 0 Å². The highest BCUT2D eigenvalue weighted by Crippen LogP contribution is 2.23. The lowest BCUT2D eigenvalue weighted by Gasteiger charge is -2.35. The fraction of sp³-hybridized carbons (Fsp3) is 0.600. The van der Waals surface area contributed by atoms with Crippen molar-refractivity contribution in [2.45, 2.75) is 155 Å². The summed E-state index contributed by atoms with van der Waals surface area (Å²) < 4.78 is 23.6. The lowest BCUT2D eigenvalue weighted by Crippen LogP contribution is -2.54. The van der Waals surface area contributed by atoms with E-state index in [9.17, 15) is 38.4 Å². The van der Waals surface area contributed by atoms with E-state index in [0.29, 0.717) is 24.0 Å². The predicted molar refractivity (Wildman–Crippen MR) is 246 cm³/mol. The first-order valence-electron chi connectivity index (χ1n) is 23.1. The van der Waals surface area contributed by atoms with Gasteiger partial charge >= 0.3 is 23.9 Å². The Morgan fingerprint density at radius 1 is 0.439 bits per heavy atom. The topological polar surface area (TPSA) is 186 Å². The standard InChI is InChI=1S/C50H72N4O12/c1-13-21-37-47(59)63-33(7)43(55)51(9)38(22-14-2)48(60)65-42(30-36-25-19-16-20-26-36)46(58)54(12)39(27-31(3)4)49(61)64-34(8)44(56)53(11)40(28-32(5)6)50(62)66-41(45(57)52(37)10)29-35-23-17-15-18-24-35/h15-20,23-26,31-34,37-42H,13-14,21-22,27-30H2,1-12H3/t33-,34+,37-,38-,39-,40-,41+,42+/m0/s1. The van der Waals surface area contributed by atoms with Crippen LogP contribution in [0.4, 0.5) is 0 Å². The molecular formula is C50H72N4O12. The maximum atomic E-state index is 14.5. The average Bonchev–Trinajstić information content (AvgIpc) is 3.28. The molecule has 3 rings (SSSR count). The van der Waals surface area contributed by atoms with E-state index in [4.69, 9.17) is 18.9 Å². The third-order valence-corrected chi connectivity index (χ3v) is 11.7. The van der Waals surface area contributed by atoms with Crippen LogP contribution in [-0.4, -0.2) is 144 Å². The SMILES string of the molecule is CCC[C@H]1C(=O)O[C@H](Cc2ccccc2)C(=O)N(C)[C@@H](CC(C)C)C(=O)O[C@H](C)C(=O)N(C)[C@@H](CC(C)C)C(=O)O[C@H](Cc2ccccc2)C(=O)N(C)[C@@H](CCC)C(=O)O[C@@H](C)C(=O)N1C. The van der Waals surface area contributed by atoms with E-state index in [1.807, 2.05) is 41.5 Å². The number of hydrogen-bond donors (Lipinski definition) is 0. The molecule has 0 N–H and O–H groups in total. The first-order valence-corrected chi connectivity index (χ1v) is 23.1. The van der Waals surface area contributed by atoms with Gasteiger partial charge in [0.1, 0.15) is 24.2 Å². The maximum Gasteiger partial charge on any atom is 0.329 e. The van der Waals surface area contributed by atoms with E-state index in [-0.39, 0.29) is 50.4 Å². The van der Waals surface area contributed by atoms with Crippen LogP contribution in [0, 0.1) is 11.8 Å². The minimum Gasteiger partial charge on any atom is -0.451 e. The van der Waals surface area contributed by atoms with Crippen molar-refractivity contribution in [3.8, 4) is 0 Å². The van der Waals surface area contributed by atoms with Crippen molar-refractivity contribution in [2.75, 3.05) is 28.2 Å². The Labute approximate surface area is 390 Å². The van der Waals surface area contributed by atoms with Crippen molar-refractivity contribution in [1.29, 1.82) is 0 Å². The molecule has 1 aliphatic heterocycles. The normalized spacial score (nSPS) is 25.4. The van der Waals surface area contributed by atoms with Crippen LogP contribution in [0.25, 0.3) is 0 Å². The Morgan fingerprint density at radius 2 is 0.727 bits per heavy atom. The summed E-state index contributed by atoms with van der Waals surface area (Å²) in [5, 5.41) is 0. The smallest absolute Gasteiger partial charge is 0.329 e. The molecule has 0 saturated carbocycles. The quantitative estimate of drug-likeness (QED) is 0.201. The zero-order valence-electron chi connectivity index (χ0n) is 40.9. The van der Waals surface area contributed by atoms with Crippen LogP contribution in [0.1, 0.15) is 105 Å². The van der Waals surface area contributed by atoms with Crippen LogP contribution in [0.15, 0.2) is 60.7 Å². The Hall–Kier alpha value is -5.80. The molecule has 66 heavy (non-hydrogen) atoms. The zero-order chi connectivity index (χ0) is 49.4. The van der Waals surface area contributed by atoms with Gasteiger partial charge in [0.15, 0.2) is 24.4 Å². The summed E-state index contributed by atoms with van der Waals surface area (Å²) in [5.41, 5.74) is 1.30. The summed E-state index contributed by atoms with van der Waals surface area (Å²) in [6, 6.07) is 12.8. The molecule has 1 fully saturated rings. The van der Waals surface area contributed by atoms with Gasteiger partial charge in [0, 0.05) is 41.0 Å². The lowest BCUT2D eigenvalue weighted by molar-refractivity contribution is -0.176. The monoisotopic (exact) mass is 921 g/mol. The number of ether oxygens (including phenoxy) is 4. The van der Waals surface area contributed by atoms with Crippen LogP contribution in [-0.2, 0) is 70.1 Å². The third-order valence-electron chi connectivity index (χ3n) is 11.7. The zero-order valence-corrected chi connectivity index (χ0v) is 40.9. The number of hydrogen-bond acceptors (Lipinski definition) is 12. The number of rotatable bonds is 12. The van der Waals surface area contributed by atoms with E-state index in [1.54, 1.807) is 60.7 Å². The number of nitrogens with zero attached hydrogens (tertiary/aromatic N) is 4. The van der Waals surface area contributed by atoms with Crippen LogP contribution < -0.4 is 0 Å². The first-order chi connectivity index (χ1) is 31.1. The van der Waals surface area contributed by atoms with Gasteiger partial charge in [-0.3, -0.25) is 19.2 Å². The van der Waals surface area contributed by atoms with Gasteiger partial charge in [-0.1, -0.05) is 115 Å². The molecule has 0 aliphatic carbocycles. The molecule has 4 amide bonds. The molecule has 16 nitrogen and oxygen atoms in total. The number of likely N-dealkylation sites (N-methyl/N-ethyl adjacent to an activating group) is 4. The largest absolute Gasteiger partial charge is 0.451 e. The molecule has 2 aromatic carbocycles. The summed E-state index contributed by atoms with van der Waals surface area (Å²) in [4.78, 5) is 118. The summed E-state index contributed by atoms with van der Waals surface area (Å²) in [5.74, 6) is -6.79. The molecule has 8 atom stereocenters. The molecule has 0 spiro atoms. The molecule has 0 bridgehead atoms. The van der Waals surface area contributed by atoms with Gasteiger partial charge in [0.05, 0.1) is 0 Å². The number of amides is 4. The van der Waals surface area contributed by atoms with Gasteiger partial charge in [0.25, 0.3) is 23.6 Å².